The van der Waals surface area contributed by atoms with Crippen LogP contribution in [-0.4, -0.2) is 67.8 Å². The van der Waals surface area contributed by atoms with Gasteiger partial charge in [-0.15, -0.1) is 0 Å². The number of fused-ring (bicyclic) bond motifs is 1. The van der Waals surface area contributed by atoms with Gasteiger partial charge in [-0.25, -0.2) is 24.8 Å². The van der Waals surface area contributed by atoms with Crippen molar-refractivity contribution >= 4 is 36.4 Å². The van der Waals surface area contributed by atoms with Gasteiger partial charge in [0.2, 0.25) is 0 Å². The summed E-state index contributed by atoms with van der Waals surface area (Å²) in [6.07, 6.45) is 1.78. The molecular weight excluding hydrogens is 503 g/mol. The molecule has 1 saturated carbocycles. The molecule has 3 rings (SSSR count). The van der Waals surface area contributed by atoms with E-state index in [0.717, 1.165) is 6.42 Å². The van der Waals surface area contributed by atoms with E-state index < -0.39 is 43.6 Å². The molecule has 1 fully saturated rings. The number of nitrogen functional groups attached to an aromatic ring is 1. The van der Waals surface area contributed by atoms with Crippen LogP contribution in [0.4, 0.5) is 5.82 Å². The van der Waals surface area contributed by atoms with Crippen LogP contribution in [0.5, 0.6) is 0 Å². The number of imidazole rings is 1. The van der Waals surface area contributed by atoms with Gasteiger partial charge in [0, 0.05) is 0 Å². The standard InChI is InChI=1S/C23H37N6O7P/c1-14(2)34-21(30)17(6)36-37(32,28-23(8-7-9-23)22(31)35-15(3)4)13-33-16(5)10-29-12-27-18-19(24)25-11-26-20(18)29/h11-12,14-17H,7-10,13H2,1-6H3,(H,28,32)(H2,24,25,26). The first-order valence-electron chi connectivity index (χ1n) is 12.4. The van der Waals surface area contributed by atoms with Crippen LogP contribution in [0, 0.1) is 0 Å². The zero-order valence-electron chi connectivity index (χ0n) is 22.2. The fourth-order valence-electron chi connectivity index (χ4n) is 3.85. The third-order valence-electron chi connectivity index (χ3n) is 5.75. The molecule has 37 heavy (non-hydrogen) atoms. The highest BCUT2D eigenvalue weighted by atomic mass is 31.2. The normalized spacial score (nSPS) is 18.3. The van der Waals surface area contributed by atoms with Gasteiger partial charge >= 0.3 is 11.9 Å². The molecule has 2 aromatic heterocycles. The van der Waals surface area contributed by atoms with Crippen molar-refractivity contribution in [3.63, 3.8) is 0 Å². The molecule has 2 heterocycles. The first-order chi connectivity index (χ1) is 17.3. The van der Waals surface area contributed by atoms with Gasteiger partial charge in [0.15, 0.2) is 17.6 Å². The summed E-state index contributed by atoms with van der Waals surface area (Å²) in [5, 5.41) is 2.91. The smallest absolute Gasteiger partial charge is 0.335 e. The Morgan fingerprint density at radius 3 is 2.38 bits per heavy atom. The van der Waals surface area contributed by atoms with E-state index in [1.807, 2.05) is 0 Å². The zero-order chi connectivity index (χ0) is 27.4. The summed E-state index contributed by atoms with van der Waals surface area (Å²) < 4.78 is 38.1. The Morgan fingerprint density at radius 1 is 1.11 bits per heavy atom. The molecule has 0 saturated heterocycles. The Bertz CT molecular complexity index is 1150. The summed E-state index contributed by atoms with van der Waals surface area (Å²) in [6, 6.07) is 0. The minimum absolute atomic E-state index is 0.265. The summed E-state index contributed by atoms with van der Waals surface area (Å²) in [6.45, 7) is 10.4. The second-order valence-corrected chi connectivity index (χ2v) is 11.9. The lowest BCUT2D eigenvalue weighted by atomic mass is 9.78. The van der Waals surface area contributed by atoms with Crippen molar-refractivity contribution in [2.45, 2.75) is 97.3 Å². The van der Waals surface area contributed by atoms with Crippen molar-refractivity contribution in [2.24, 2.45) is 0 Å². The van der Waals surface area contributed by atoms with Crippen LogP contribution < -0.4 is 10.8 Å². The van der Waals surface area contributed by atoms with Gasteiger partial charge in [-0.1, -0.05) is 0 Å². The molecule has 0 radical (unpaired) electrons. The van der Waals surface area contributed by atoms with Crippen molar-refractivity contribution in [1.29, 1.82) is 0 Å². The fourth-order valence-corrected chi connectivity index (χ4v) is 6.04. The molecule has 1 aliphatic carbocycles. The van der Waals surface area contributed by atoms with Gasteiger partial charge < -0.3 is 29.0 Å². The fraction of sp³-hybridized carbons (Fsp3) is 0.696. The summed E-state index contributed by atoms with van der Waals surface area (Å²) in [5.41, 5.74) is 5.68. The Kier molecular flexibility index (Phi) is 9.27. The number of nitrogens with one attached hydrogen (secondary N) is 1. The molecule has 14 heteroatoms. The molecular formula is C23H37N6O7P. The molecule has 3 unspecified atom stereocenters. The Hall–Kier alpha value is -2.60. The van der Waals surface area contributed by atoms with Gasteiger partial charge in [-0.3, -0.25) is 9.36 Å². The van der Waals surface area contributed by atoms with Crippen LogP contribution >= 0.6 is 7.52 Å². The van der Waals surface area contributed by atoms with Crippen LogP contribution in [0.3, 0.4) is 0 Å². The molecule has 0 amide bonds. The van der Waals surface area contributed by atoms with Gasteiger partial charge in [0.25, 0.3) is 7.52 Å². The van der Waals surface area contributed by atoms with Crippen LogP contribution in [0.15, 0.2) is 12.7 Å². The maximum absolute atomic E-state index is 14.0. The number of carbonyl (C=O) groups is 2. The first-order valence-corrected chi connectivity index (χ1v) is 14.2. The molecule has 0 spiro atoms. The van der Waals surface area contributed by atoms with Gasteiger partial charge in [-0.05, 0) is 60.8 Å². The number of esters is 2. The van der Waals surface area contributed by atoms with Gasteiger partial charge in [0.1, 0.15) is 23.7 Å². The highest BCUT2D eigenvalue weighted by Crippen LogP contribution is 2.50. The van der Waals surface area contributed by atoms with Gasteiger partial charge in [-0.2, -0.15) is 0 Å². The number of nitrogens with zero attached hydrogens (tertiary/aromatic N) is 4. The van der Waals surface area contributed by atoms with E-state index in [0.29, 0.717) is 30.6 Å². The average Bonchev–Trinajstić information content (AvgIpc) is 3.18. The SMILES string of the molecule is CC(C)OC(=O)C(C)OP(=O)(COC(C)Cn1cnc2c(N)ncnc21)NC1(C(=O)OC(C)C)CCC1. The summed E-state index contributed by atoms with van der Waals surface area (Å²) in [7, 11) is -3.90. The number of nitrogens with two attached hydrogens (primary N) is 1. The third kappa shape index (κ3) is 7.25. The van der Waals surface area contributed by atoms with Crippen molar-refractivity contribution < 1.29 is 32.9 Å². The summed E-state index contributed by atoms with van der Waals surface area (Å²) in [4.78, 5) is 37.7. The molecule has 2 aromatic rings. The van der Waals surface area contributed by atoms with Crippen LogP contribution in [-0.2, 0) is 39.4 Å². The van der Waals surface area contributed by atoms with E-state index in [1.54, 1.807) is 45.5 Å². The van der Waals surface area contributed by atoms with E-state index in [1.165, 1.54) is 13.3 Å². The lowest BCUT2D eigenvalue weighted by Gasteiger charge is -2.42. The minimum atomic E-state index is -3.90. The van der Waals surface area contributed by atoms with Gasteiger partial charge in [0.05, 0.1) is 31.2 Å². The lowest BCUT2D eigenvalue weighted by Crippen LogP contribution is -2.57. The van der Waals surface area contributed by atoms with E-state index in [4.69, 9.17) is 24.5 Å². The monoisotopic (exact) mass is 540 g/mol. The predicted octanol–water partition coefficient (Wildman–Crippen LogP) is 2.78. The topological polar surface area (TPSA) is 170 Å². The molecule has 0 aromatic carbocycles. The largest absolute Gasteiger partial charge is 0.462 e. The third-order valence-corrected chi connectivity index (χ3v) is 7.66. The first kappa shape index (κ1) is 29.0. The van der Waals surface area contributed by atoms with E-state index >= 15 is 0 Å². The predicted molar refractivity (Wildman–Crippen MR) is 135 cm³/mol. The maximum atomic E-state index is 14.0. The Labute approximate surface area is 216 Å². The second kappa shape index (κ2) is 11.8. The average molecular weight is 541 g/mol. The number of aromatic nitrogens is 4. The highest BCUT2D eigenvalue weighted by molar-refractivity contribution is 7.56. The van der Waals surface area contributed by atoms with E-state index in [9.17, 15) is 14.2 Å². The van der Waals surface area contributed by atoms with Crippen LogP contribution in [0.2, 0.25) is 0 Å². The Morgan fingerprint density at radius 2 is 1.78 bits per heavy atom. The number of hydrogen-bond donors (Lipinski definition) is 2. The zero-order valence-corrected chi connectivity index (χ0v) is 23.1. The Balaban J connectivity index is 1.75. The van der Waals surface area contributed by atoms with Crippen molar-refractivity contribution in [1.82, 2.24) is 24.6 Å². The van der Waals surface area contributed by atoms with Crippen LogP contribution in [0.25, 0.3) is 11.2 Å². The van der Waals surface area contributed by atoms with Crippen molar-refractivity contribution in [3.8, 4) is 0 Å². The van der Waals surface area contributed by atoms with E-state index in [2.05, 4.69) is 20.0 Å². The molecule has 3 N–H and O–H groups in total. The number of anilines is 1. The highest BCUT2D eigenvalue weighted by Gasteiger charge is 2.51. The number of ether oxygens (including phenoxy) is 3. The lowest BCUT2D eigenvalue weighted by molar-refractivity contribution is -0.158. The molecule has 3 atom stereocenters. The van der Waals surface area contributed by atoms with Crippen LogP contribution in [0.1, 0.15) is 60.8 Å². The summed E-state index contributed by atoms with van der Waals surface area (Å²) >= 11 is 0. The number of carbonyl (C=O) groups excluding carboxylic acids is 2. The molecule has 206 valence electrons. The van der Waals surface area contributed by atoms with E-state index in [-0.39, 0.29) is 18.0 Å². The second-order valence-electron chi connectivity index (χ2n) is 9.84. The maximum Gasteiger partial charge on any atom is 0.335 e. The molecule has 0 bridgehead atoms. The summed E-state index contributed by atoms with van der Waals surface area (Å²) in [5.74, 6) is -0.911. The molecule has 1 aliphatic rings. The molecule has 0 aliphatic heterocycles. The quantitative estimate of drug-likeness (QED) is 0.282. The van der Waals surface area contributed by atoms with Crippen molar-refractivity contribution in [3.05, 3.63) is 12.7 Å². The number of hydrogen-bond acceptors (Lipinski definition) is 11. The number of rotatable bonds is 13. The minimum Gasteiger partial charge on any atom is -0.462 e. The van der Waals surface area contributed by atoms with Crippen molar-refractivity contribution in [2.75, 3.05) is 12.1 Å². The molecule has 13 nitrogen and oxygen atoms in total.